The second-order valence-electron chi connectivity index (χ2n) is 4.48. The minimum Gasteiger partial charge on any atom is -0.459 e. The van der Waals surface area contributed by atoms with E-state index in [9.17, 15) is 9.90 Å². The number of hydrogen-bond acceptors (Lipinski definition) is 4. The first-order valence-corrected chi connectivity index (χ1v) is 5.69. The van der Waals surface area contributed by atoms with Crippen LogP contribution in [0.4, 0.5) is 0 Å². The van der Waals surface area contributed by atoms with Gasteiger partial charge in [-0.3, -0.25) is 4.79 Å². The summed E-state index contributed by atoms with van der Waals surface area (Å²) in [4.78, 5) is 11.8. The predicted octanol–water partition coefficient (Wildman–Crippen LogP) is 0.858. The van der Waals surface area contributed by atoms with Crippen LogP contribution < -0.4 is 5.32 Å². The Morgan fingerprint density at radius 2 is 2.47 bits per heavy atom. The molecule has 2 atom stereocenters. The number of carbonyl (C=O) groups excluding carboxylic acids is 1. The second-order valence-corrected chi connectivity index (χ2v) is 4.48. The SMILES string of the molecule is Cc1ccoc1C(=O)NCC1(O)CCOC1C. The zero-order valence-electron chi connectivity index (χ0n) is 10.0. The molecule has 1 aromatic heterocycles. The van der Waals surface area contributed by atoms with Crippen LogP contribution >= 0.6 is 0 Å². The summed E-state index contributed by atoms with van der Waals surface area (Å²) >= 11 is 0. The highest BCUT2D eigenvalue weighted by Gasteiger charge is 2.39. The van der Waals surface area contributed by atoms with Crippen molar-refractivity contribution in [3.63, 3.8) is 0 Å². The van der Waals surface area contributed by atoms with Crippen LogP contribution in [0, 0.1) is 6.92 Å². The van der Waals surface area contributed by atoms with Crippen molar-refractivity contribution in [1.82, 2.24) is 5.32 Å². The van der Waals surface area contributed by atoms with Gasteiger partial charge in [-0.1, -0.05) is 0 Å². The van der Waals surface area contributed by atoms with Crippen LogP contribution in [-0.2, 0) is 4.74 Å². The highest BCUT2D eigenvalue weighted by Crippen LogP contribution is 2.24. The lowest BCUT2D eigenvalue weighted by atomic mass is 9.97. The molecule has 0 aliphatic carbocycles. The minimum atomic E-state index is -0.976. The number of hydrogen-bond donors (Lipinski definition) is 2. The van der Waals surface area contributed by atoms with Crippen LogP contribution in [0.3, 0.4) is 0 Å². The first-order chi connectivity index (χ1) is 8.03. The fraction of sp³-hybridized carbons (Fsp3) is 0.583. The molecule has 0 aromatic carbocycles. The van der Waals surface area contributed by atoms with Crippen molar-refractivity contribution >= 4 is 5.91 Å². The van der Waals surface area contributed by atoms with E-state index >= 15 is 0 Å². The van der Waals surface area contributed by atoms with Gasteiger partial charge in [0.1, 0.15) is 5.60 Å². The molecule has 1 saturated heterocycles. The van der Waals surface area contributed by atoms with Crippen LogP contribution in [-0.4, -0.2) is 35.9 Å². The molecule has 1 fully saturated rings. The number of aryl methyl sites for hydroxylation is 1. The van der Waals surface area contributed by atoms with Gasteiger partial charge in [0.05, 0.1) is 12.4 Å². The Morgan fingerprint density at radius 1 is 1.71 bits per heavy atom. The summed E-state index contributed by atoms with van der Waals surface area (Å²) in [7, 11) is 0. The molecule has 1 aliphatic heterocycles. The molecule has 2 unspecified atom stereocenters. The van der Waals surface area contributed by atoms with Crippen molar-refractivity contribution in [2.24, 2.45) is 0 Å². The van der Waals surface area contributed by atoms with E-state index in [4.69, 9.17) is 9.15 Å². The lowest BCUT2D eigenvalue weighted by Gasteiger charge is -2.25. The van der Waals surface area contributed by atoms with Crippen LogP contribution in [0.2, 0.25) is 0 Å². The summed E-state index contributed by atoms with van der Waals surface area (Å²) in [5.41, 5.74) is -0.193. The zero-order chi connectivity index (χ0) is 12.5. The number of ether oxygens (including phenoxy) is 1. The average Bonchev–Trinajstić information content (AvgIpc) is 2.84. The van der Waals surface area contributed by atoms with Gasteiger partial charge in [-0.2, -0.15) is 0 Å². The van der Waals surface area contributed by atoms with Crippen molar-refractivity contribution < 1.29 is 19.1 Å². The van der Waals surface area contributed by atoms with Gasteiger partial charge in [-0.15, -0.1) is 0 Å². The number of rotatable bonds is 3. The summed E-state index contributed by atoms with van der Waals surface area (Å²) in [5, 5.41) is 12.9. The lowest BCUT2D eigenvalue weighted by Crippen LogP contribution is -2.47. The zero-order valence-corrected chi connectivity index (χ0v) is 10.0. The number of amides is 1. The molecule has 0 spiro atoms. The Hall–Kier alpha value is -1.33. The molecule has 0 bridgehead atoms. The van der Waals surface area contributed by atoms with Gasteiger partial charge in [-0.05, 0) is 19.9 Å². The summed E-state index contributed by atoms with van der Waals surface area (Å²) in [6.45, 7) is 4.30. The summed E-state index contributed by atoms with van der Waals surface area (Å²) < 4.78 is 10.4. The number of aliphatic hydroxyl groups is 1. The van der Waals surface area contributed by atoms with Crippen molar-refractivity contribution in [3.8, 4) is 0 Å². The molecule has 94 valence electrons. The fourth-order valence-electron chi connectivity index (χ4n) is 1.92. The highest BCUT2D eigenvalue weighted by atomic mass is 16.5. The summed E-state index contributed by atoms with van der Waals surface area (Å²) in [6.07, 6.45) is 1.74. The summed E-state index contributed by atoms with van der Waals surface area (Å²) in [5.74, 6) is -0.0137. The molecule has 1 aromatic rings. The third kappa shape index (κ3) is 2.35. The molecule has 2 rings (SSSR count). The van der Waals surface area contributed by atoms with Gasteiger partial charge in [-0.25, -0.2) is 0 Å². The quantitative estimate of drug-likeness (QED) is 0.820. The number of nitrogens with one attached hydrogen (secondary N) is 1. The molecule has 2 N–H and O–H groups in total. The second kappa shape index (κ2) is 4.50. The Labute approximate surface area is 99.8 Å². The van der Waals surface area contributed by atoms with E-state index in [0.717, 1.165) is 5.56 Å². The number of carbonyl (C=O) groups is 1. The molecule has 0 saturated carbocycles. The van der Waals surface area contributed by atoms with E-state index in [-0.39, 0.29) is 18.6 Å². The Balaban J connectivity index is 1.95. The lowest BCUT2D eigenvalue weighted by molar-refractivity contribution is -0.0253. The standard InChI is InChI=1S/C12H17NO4/c1-8-3-5-17-10(8)11(14)13-7-12(15)4-6-16-9(12)2/h3,5,9,15H,4,6-7H2,1-2H3,(H,13,14). The van der Waals surface area contributed by atoms with E-state index < -0.39 is 5.60 Å². The summed E-state index contributed by atoms with van der Waals surface area (Å²) in [6, 6.07) is 1.73. The van der Waals surface area contributed by atoms with Crippen molar-refractivity contribution in [3.05, 3.63) is 23.7 Å². The largest absolute Gasteiger partial charge is 0.459 e. The Kier molecular flexibility index (Phi) is 3.22. The van der Waals surface area contributed by atoms with Crippen molar-refractivity contribution in [1.29, 1.82) is 0 Å². The van der Waals surface area contributed by atoms with Crippen molar-refractivity contribution in [2.45, 2.75) is 32.0 Å². The third-order valence-corrected chi connectivity index (χ3v) is 3.28. The molecule has 5 heteroatoms. The predicted molar refractivity (Wildman–Crippen MR) is 60.8 cm³/mol. The number of furan rings is 1. The first kappa shape index (κ1) is 12.1. The first-order valence-electron chi connectivity index (χ1n) is 5.69. The van der Waals surface area contributed by atoms with Crippen LogP contribution in [0.1, 0.15) is 29.5 Å². The Bertz CT molecular complexity index is 414. The van der Waals surface area contributed by atoms with Crippen LogP contribution in [0.25, 0.3) is 0 Å². The van der Waals surface area contributed by atoms with Gasteiger partial charge < -0.3 is 19.6 Å². The van der Waals surface area contributed by atoms with E-state index in [1.807, 2.05) is 0 Å². The molecule has 2 heterocycles. The molecular weight excluding hydrogens is 222 g/mol. The molecular formula is C12H17NO4. The van der Waals surface area contributed by atoms with Crippen LogP contribution in [0.5, 0.6) is 0 Å². The molecule has 1 amide bonds. The van der Waals surface area contributed by atoms with Crippen molar-refractivity contribution in [2.75, 3.05) is 13.2 Å². The van der Waals surface area contributed by atoms with Crippen LogP contribution in [0.15, 0.2) is 16.7 Å². The third-order valence-electron chi connectivity index (χ3n) is 3.28. The fourth-order valence-corrected chi connectivity index (χ4v) is 1.92. The maximum absolute atomic E-state index is 11.8. The molecule has 0 radical (unpaired) electrons. The van der Waals surface area contributed by atoms with E-state index in [1.54, 1.807) is 19.9 Å². The van der Waals surface area contributed by atoms with E-state index in [1.165, 1.54) is 6.26 Å². The van der Waals surface area contributed by atoms with Gasteiger partial charge >= 0.3 is 0 Å². The maximum Gasteiger partial charge on any atom is 0.287 e. The Morgan fingerprint density at radius 3 is 3.00 bits per heavy atom. The van der Waals surface area contributed by atoms with Gasteiger partial charge in [0, 0.05) is 25.1 Å². The topological polar surface area (TPSA) is 71.7 Å². The molecule has 17 heavy (non-hydrogen) atoms. The van der Waals surface area contributed by atoms with Gasteiger partial charge in [0.2, 0.25) is 0 Å². The van der Waals surface area contributed by atoms with E-state index in [2.05, 4.69) is 5.32 Å². The average molecular weight is 239 g/mol. The van der Waals surface area contributed by atoms with E-state index in [0.29, 0.717) is 18.8 Å². The molecule has 5 nitrogen and oxygen atoms in total. The monoisotopic (exact) mass is 239 g/mol. The molecule has 1 aliphatic rings. The maximum atomic E-state index is 11.8. The van der Waals surface area contributed by atoms with Gasteiger partial charge in [0.15, 0.2) is 5.76 Å². The minimum absolute atomic E-state index is 0.174. The highest BCUT2D eigenvalue weighted by molar-refractivity contribution is 5.92. The normalized spacial score (nSPS) is 28.3. The van der Waals surface area contributed by atoms with Gasteiger partial charge in [0.25, 0.3) is 5.91 Å². The smallest absolute Gasteiger partial charge is 0.287 e.